The van der Waals surface area contributed by atoms with Crippen LogP contribution in [0.3, 0.4) is 0 Å². The number of halogens is 1. The Balaban J connectivity index is 2.72. The third-order valence-corrected chi connectivity index (χ3v) is 18.4. The quantitative estimate of drug-likeness (QED) is 0.0256. The van der Waals surface area contributed by atoms with Gasteiger partial charge in [-0.05, 0) is 78.8 Å². The molecule has 79 heavy (non-hydrogen) atoms. The van der Waals surface area contributed by atoms with E-state index in [1.54, 1.807) is 0 Å². The van der Waals surface area contributed by atoms with Crippen molar-refractivity contribution in [2.75, 3.05) is 13.1 Å². The fraction of sp³-hybridized carbons (Fsp3) is 0.635. The van der Waals surface area contributed by atoms with Gasteiger partial charge in [-0.15, -0.1) is 0 Å². The van der Waals surface area contributed by atoms with Crippen LogP contribution in [-0.4, -0.2) is 153 Å². The van der Waals surface area contributed by atoms with E-state index in [0.717, 1.165) is 0 Å². The summed E-state index contributed by atoms with van der Waals surface area (Å²) >= 11 is 0. The summed E-state index contributed by atoms with van der Waals surface area (Å²) in [5.41, 5.74) is 5.53. The Hall–Kier alpha value is -7.16. The van der Waals surface area contributed by atoms with Crippen molar-refractivity contribution in [2.24, 2.45) is 17.6 Å². The zero-order chi connectivity index (χ0) is 60.4. The second kappa shape index (κ2) is 33.3. The first-order valence-corrected chi connectivity index (χ1v) is 27.9. The number of benzene rings is 1. The summed E-state index contributed by atoms with van der Waals surface area (Å²) in [5.74, 6) is -15.9. The van der Waals surface area contributed by atoms with Crippen molar-refractivity contribution in [3.8, 4) is 0 Å². The van der Waals surface area contributed by atoms with Gasteiger partial charge in [0.2, 0.25) is 23.6 Å². The third-order valence-electron chi connectivity index (χ3n) is 13.1. The van der Waals surface area contributed by atoms with Crippen LogP contribution in [0.2, 0.25) is 10.1 Å². The number of nitrogens with two attached hydrogens (primary N) is 1. The van der Waals surface area contributed by atoms with E-state index in [1.807, 2.05) is 41.5 Å². The lowest BCUT2D eigenvalue weighted by molar-refractivity contribution is -0.146. The lowest BCUT2D eigenvalue weighted by Gasteiger charge is -2.44. The van der Waals surface area contributed by atoms with E-state index in [2.05, 4.69) is 26.6 Å². The van der Waals surface area contributed by atoms with Crippen molar-refractivity contribution in [3.05, 3.63) is 29.8 Å². The number of nitrogens with one attached hydrogen (secondary N) is 5. The van der Waals surface area contributed by atoms with Crippen molar-refractivity contribution >= 4 is 90.5 Å². The summed E-state index contributed by atoms with van der Waals surface area (Å²) in [5, 5.41) is 67.5. The molecule has 6 atom stereocenters. The van der Waals surface area contributed by atoms with Crippen LogP contribution in [0, 0.1) is 11.8 Å². The van der Waals surface area contributed by atoms with E-state index in [0.29, 0.717) is 5.19 Å². The molecule has 13 N–H and O–H groups in total. The molecule has 442 valence electrons. The minimum Gasteiger partial charge on any atom is -0.481 e. The molecule has 0 saturated heterocycles. The molecule has 0 aliphatic rings. The van der Waals surface area contributed by atoms with Gasteiger partial charge in [-0.1, -0.05) is 60.1 Å². The topological polar surface area (TPSA) is 429 Å². The number of unbranched alkanes of at least 4 members (excludes halogenated alkanes) is 2. The monoisotopic (exact) mass is 1140 g/mol. The zero-order valence-corrected chi connectivity index (χ0v) is 46.7. The molecular formula is C52H79FN6O19Si. The number of aliphatic carboxylic acids is 6. The molecule has 0 aliphatic carbocycles. The van der Waals surface area contributed by atoms with Crippen LogP contribution < -0.4 is 37.5 Å². The molecular weight excluding hydrogens is 1060 g/mol. The molecule has 0 aliphatic heterocycles. The lowest BCUT2D eigenvalue weighted by atomic mass is 9.90. The highest BCUT2D eigenvalue weighted by atomic mass is 28.4. The second-order valence-electron chi connectivity index (χ2n) is 21.5. The highest BCUT2D eigenvalue weighted by Crippen LogP contribution is 2.51. The molecule has 27 heteroatoms. The SMILES string of the molecule is CC(C)(C)[Si](F)(c1ccc(C(=O)N[C@@H](CNC(=O)CC[C@H](N)C(=O)O)C(=O)N[C@H](CCCCNC(=O)CCC(=O)CCCC[C@H](NC(=O)CC[C@H](CC(=O)C[C@@H](CCC(=O)O)C(=O)O)C(=O)O)C(=O)O)C(=O)O)cc1)C(C)(C)C. The van der Waals surface area contributed by atoms with Gasteiger partial charge in [0.05, 0.1) is 11.8 Å². The minimum absolute atomic E-state index is 0.0215. The molecule has 0 aromatic heterocycles. The molecule has 1 rings (SSSR count). The molecule has 0 spiro atoms. The molecule has 1 aromatic rings. The smallest absolute Gasteiger partial charge is 0.326 e. The molecule has 5 amide bonds. The summed E-state index contributed by atoms with van der Waals surface area (Å²) in [4.78, 5) is 159. The number of carbonyl (C=O) groups is 13. The average Bonchev–Trinajstić information content (AvgIpc) is 3.35. The van der Waals surface area contributed by atoms with Gasteiger partial charge in [-0.25, -0.2) is 9.59 Å². The van der Waals surface area contributed by atoms with Crippen molar-refractivity contribution in [2.45, 2.75) is 185 Å². The Morgan fingerprint density at radius 2 is 1.00 bits per heavy atom. The molecule has 0 radical (unpaired) electrons. The summed E-state index contributed by atoms with van der Waals surface area (Å²) in [7, 11) is -3.70. The average molecular weight is 1140 g/mol. The predicted molar refractivity (Wildman–Crippen MR) is 283 cm³/mol. The van der Waals surface area contributed by atoms with E-state index < -0.39 is 158 Å². The second-order valence-corrected chi connectivity index (χ2v) is 26.4. The van der Waals surface area contributed by atoms with Crippen LogP contribution in [0.1, 0.15) is 161 Å². The van der Waals surface area contributed by atoms with Crippen molar-refractivity contribution in [1.29, 1.82) is 0 Å². The number of hydrogen-bond acceptors (Lipinski definition) is 14. The van der Waals surface area contributed by atoms with Crippen LogP contribution in [0.4, 0.5) is 4.11 Å². The minimum atomic E-state index is -3.70. The van der Waals surface area contributed by atoms with Crippen molar-refractivity contribution < 1.29 is 97.1 Å². The normalized spacial score (nSPS) is 13.9. The van der Waals surface area contributed by atoms with Gasteiger partial charge in [-0.2, -0.15) is 0 Å². The molecule has 0 bridgehead atoms. The van der Waals surface area contributed by atoms with Gasteiger partial charge in [0, 0.05) is 70.0 Å². The number of carbonyl (C=O) groups excluding carboxylic acids is 7. The zero-order valence-electron chi connectivity index (χ0n) is 45.7. The Morgan fingerprint density at radius 3 is 1.49 bits per heavy atom. The molecule has 0 heterocycles. The fourth-order valence-corrected chi connectivity index (χ4v) is 13.4. The largest absolute Gasteiger partial charge is 0.481 e. The highest BCUT2D eigenvalue weighted by molar-refractivity contribution is 6.90. The summed E-state index contributed by atoms with van der Waals surface area (Å²) < 4.78 is 16.9. The number of carboxylic acid groups (broad SMARTS) is 6. The number of carboxylic acids is 6. The van der Waals surface area contributed by atoms with Gasteiger partial charge >= 0.3 is 35.8 Å². The van der Waals surface area contributed by atoms with Crippen LogP contribution in [0.5, 0.6) is 0 Å². The van der Waals surface area contributed by atoms with E-state index in [4.69, 9.17) is 15.9 Å². The Morgan fingerprint density at radius 1 is 0.506 bits per heavy atom. The highest BCUT2D eigenvalue weighted by Gasteiger charge is 2.56. The summed E-state index contributed by atoms with van der Waals surface area (Å²) in [6.45, 7) is 10.4. The van der Waals surface area contributed by atoms with E-state index in [-0.39, 0.29) is 101 Å². The fourth-order valence-electron chi connectivity index (χ4n) is 8.76. The third kappa shape index (κ3) is 25.5. The number of rotatable bonds is 39. The Kier molecular flexibility index (Phi) is 29.5. The standard InChI is InChI=1S/C52H79FN6O19Si/c1-51(2,3)79(53,52(4,5)6)35-19-14-30(15-20-35)44(67)59-39(29-56-41(63)24-21-36(54)48(73)74)45(68)58-38(50(77)78)13-9-10-26-55-40(62)23-18-33(60)11-7-8-12-37(49(75)76)57-42(64)22-16-31(46(69)70)27-34(61)28-32(47(71)72)17-25-43(65)66/h14-15,19-20,31-32,36-39H,7-13,16-18,21-29,54H2,1-6H3,(H,55,62)(H,56,63)(H,57,64)(H,58,68)(H,59,67)(H,65,66)(H,69,70)(H,71,72)(H,73,74)(H,75,76)(H,77,78)/t31-,32-,36+,37+,38-,39+/m1/s1. The Bertz CT molecular complexity index is 2320. The molecule has 25 nitrogen and oxygen atoms in total. The molecule has 0 fully saturated rings. The number of amides is 5. The van der Waals surface area contributed by atoms with Gasteiger partial charge in [0.15, 0.2) is 0 Å². The van der Waals surface area contributed by atoms with Crippen LogP contribution in [0.15, 0.2) is 24.3 Å². The van der Waals surface area contributed by atoms with E-state index in [1.165, 1.54) is 24.3 Å². The summed E-state index contributed by atoms with van der Waals surface area (Å²) in [6.07, 6.45) is -3.39. The van der Waals surface area contributed by atoms with Crippen LogP contribution in [0.25, 0.3) is 0 Å². The van der Waals surface area contributed by atoms with Gasteiger partial charge < -0.3 is 67.1 Å². The van der Waals surface area contributed by atoms with E-state index >= 15 is 4.11 Å². The molecule has 0 unspecified atom stereocenters. The van der Waals surface area contributed by atoms with Gasteiger partial charge in [0.1, 0.15) is 35.7 Å². The van der Waals surface area contributed by atoms with Crippen molar-refractivity contribution in [1.82, 2.24) is 26.6 Å². The lowest BCUT2D eigenvalue weighted by Crippen LogP contribution is -2.58. The maximum atomic E-state index is 16.9. The number of Topliss-reactive ketones (excluding diaryl/α,β-unsaturated/α-hetero) is 2. The van der Waals surface area contributed by atoms with E-state index in [9.17, 15) is 82.8 Å². The van der Waals surface area contributed by atoms with Crippen molar-refractivity contribution in [3.63, 3.8) is 0 Å². The van der Waals surface area contributed by atoms with Gasteiger partial charge in [0.25, 0.3) is 14.3 Å². The first-order valence-electron chi connectivity index (χ1n) is 26.0. The Labute approximate surface area is 458 Å². The number of hydrogen-bond donors (Lipinski definition) is 12. The summed E-state index contributed by atoms with van der Waals surface area (Å²) in [6, 6.07) is 0.0892. The number of ketones is 2. The first-order chi connectivity index (χ1) is 36.6. The van der Waals surface area contributed by atoms with Crippen LogP contribution in [-0.2, 0) is 57.5 Å². The first kappa shape index (κ1) is 69.9. The maximum absolute atomic E-state index is 16.9. The molecule has 1 aromatic carbocycles. The molecule has 0 saturated carbocycles. The van der Waals surface area contributed by atoms with Crippen LogP contribution >= 0.6 is 0 Å². The van der Waals surface area contributed by atoms with Gasteiger partial charge in [-0.3, -0.25) is 52.7 Å². The predicted octanol–water partition coefficient (Wildman–Crippen LogP) is 2.55. The maximum Gasteiger partial charge on any atom is 0.326 e.